The van der Waals surface area contributed by atoms with Gasteiger partial charge in [0.05, 0.1) is 0 Å². The highest BCUT2D eigenvalue weighted by atomic mass is 14.9. The standard InChI is InChI=1S/C13H25N/c1-11(2)10-12(3,4)13(5)6-8-14-9-7-13/h14H,1,6-10H2,2-5H3. The van der Waals surface area contributed by atoms with Crippen molar-refractivity contribution in [2.24, 2.45) is 10.8 Å². The highest BCUT2D eigenvalue weighted by molar-refractivity contribution is 5.01. The largest absolute Gasteiger partial charge is 0.317 e. The van der Waals surface area contributed by atoms with Gasteiger partial charge in [-0.25, -0.2) is 0 Å². The van der Waals surface area contributed by atoms with Crippen LogP contribution < -0.4 is 5.32 Å². The van der Waals surface area contributed by atoms with Crippen LogP contribution in [-0.4, -0.2) is 13.1 Å². The van der Waals surface area contributed by atoms with E-state index in [9.17, 15) is 0 Å². The average Bonchev–Trinajstić information content (AvgIpc) is 2.02. The lowest BCUT2D eigenvalue weighted by Gasteiger charge is -2.47. The number of hydrogen-bond acceptors (Lipinski definition) is 1. The van der Waals surface area contributed by atoms with Crippen LogP contribution in [0.1, 0.15) is 47.0 Å². The molecular formula is C13H25N. The fraction of sp³-hybridized carbons (Fsp3) is 0.846. The van der Waals surface area contributed by atoms with Gasteiger partial charge in [0, 0.05) is 0 Å². The van der Waals surface area contributed by atoms with Gasteiger partial charge in [-0.3, -0.25) is 0 Å². The molecule has 1 N–H and O–H groups in total. The summed E-state index contributed by atoms with van der Waals surface area (Å²) in [6.07, 6.45) is 3.75. The number of nitrogens with one attached hydrogen (secondary N) is 1. The number of allylic oxidation sites excluding steroid dienone is 1. The minimum atomic E-state index is 0.390. The van der Waals surface area contributed by atoms with Crippen molar-refractivity contribution in [1.82, 2.24) is 5.32 Å². The molecule has 0 radical (unpaired) electrons. The van der Waals surface area contributed by atoms with Crippen LogP contribution in [0, 0.1) is 10.8 Å². The van der Waals surface area contributed by atoms with Crippen molar-refractivity contribution in [1.29, 1.82) is 0 Å². The molecule has 1 fully saturated rings. The lowest BCUT2D eigenvalue weighted by molar-refractivity contribution is 0.0514. The maximum atomic E-state index is 4.05. The molecule has 0 spiro atoms. The fourth-order valence-corrected chi connectivity index (χ4v) is 2.62. The van der Waals surface area contributed by atoms with E-state index in [-0.39, 0.29) is 0 Å². The van der Waals surface area contributed by atoms with Crippen LogP contribution in [0.4, 0.5) is 0 Å². The van der Waals surface area contributed by atoms with Crippen molar-refractivity contribution in [2.45, 2.75) is 47.0 Å². The van der Waals surface area contributed by atoms with Gasteiger partial charge in [-0.1, -0.05) is 26.3 Å². The second-order valence-electron chi connectivity index (χ2n) is 5.83. The first-order valence-corrected chi connectivity index (χ1v) is 5.72. The van der Waals surface area contributed by atoms with E-state index in [1.165, 1.54) is 31.5 Å². The molecule has 1 rings (SSSR count). The van der Waals surface area contributed by atoms with E-state index in [4.69, 9.17) is 0 Å². The lowest BCUT2D eigenvalue weighted by atomic mass is 9.60. The first kappa shape index (κ1) is 11.8. The lowest BCUT2D eigenvalue weighted by Crippen LogP contribution is -2.44. The molecule has 1 aliphatic rings. The molecule has 0 aromatic carbocycles. The zero-order valence-electron chi connectivity index (χ0n) is 10.2. The second kappa shape index (κ2) is 4.06. The van der Waals surface area contributed by atoms with Crippen LogP contribution in [0.25, 0.3) is 0 Å². The fourth-order valence-electron chi connectivity index (χ4n) is 2.62. The number of piperidine rings is 1. The van der Waals surface area contributed by atoms with Gasteiger partial charge in [0.15, 0.2) is 0 Å². The minimum absolute atomic E-state index is 0.390. The molecule has 0 unspecified atom stereocenters. The van der Waals surface area contributed by atoms with Crippen LogP contribution in [-0.2, 0) is 0 Å². The Labute approximate surface area is 89.0 Å². The number of hydrogen-bond donors (Lipinski definition) is 1. The van der Waals surface area contributed by atoms with Crippen LogP contribution in [0.5, 0.6) is 0 Å². The summed E-state index contributed by atoms with van der Waals surface area (Å²) in [4.78, 5) is 0. The zero-order chi connectivity index (χ0) is 10.8. The van der Waals surface area contributed by atoms with Gasteiger partial charge in [0.1, 0.15) is 0 Å². The summed E-state index contributed by atoms with van der Waals surface area (Å²) in [6.45, 7) is 15.8. The molecule has 0 atom stereocenters. The highest BCUT2D eigenvalue weighted by Crippen LogP contribution is 2.48. The Hall–Kier alpha value is -0.300. The van der Waals surface area contributed by atoms with E-state index in [1.807, 2.05) is 0 Å². The monoisotopic (exact) mass is 195 g/mol. The molecule has 0 aromatic rings. The predicted molar refractivity (Wildman–Crippen MR) is 63.4 cm³/mol. The Bertz CT molecular complexity index is 209. The molecule has 1 heterocycles. The van der Waals surface area contributed by atoms with Crippen molar-refractivity contribution in [3.05, 3.63) is 12.2 Å². The van der Waals surface area contributed by atoms with Crippen molar-refractivity contribution >= 4 is 0 Å². The molecule has 1 aliphatic heterocycles. The molecule has 0 aromatic heterocycles. The zero-order valence-corrected chi connectivity index (χ0v) is 10.2. The predicted octanol–water partition coefficient (Wildman–Crippen LogP) is 3.37. The minimum Gasteiger partial charge on any atom is -0.317 e. The van der Waals surface area contributed by atoms with Crippen LogP contribution >= 0.6 is 0 Å². The van der Waals surface area contributed by atoms with Gasteiger partial charge < -0.3 is 5.32 Å². The molecule has 1 nitrogen and oxygen atoms in total. The van der Waals surface area contributed by atoms with Crippen molar-refractivity contribution in [3.8, 4) is 0 Å². The third-order valence-corrected chi connectivity index (χ3v) is 4.08. The molecule has 14 heavy (non-hydrogen) atoms. The molecule has 0 bridgehead atoms. The van der Waals surface area contributed by atoms with Crippen molar-refractivity contribution in [3.63, 3.8) is 0 Å². The Morgan fingerprint density at radius 3 is 2.29 bits per heavy atom. The van der Waals surface area contributed by atoms with E-state index in [1.54, 1.807) is 0 Å². The summed E-state index contributed by atoms with van der Waals surface area (Å²) >= 11 is 0. The molecule has 1 saturated heterocycles. The number of rotatable bonds is 3. The van der Waals surface area contributed by atoms with Gasteiger partial charge in [0.2, 0.25) is 0 Å². The van der Waals surface area contributed by atoms with Gasteiger partial charge in [-0.2, -0.15) is 0 Å². The quantitative estimate of drug-likeness (QED) is 0.681. The Kier molecular flexibility index (Phi) is 3.41. The summed E-state index contributed by atoms with van der Waals surface area (Å²) < 4.78 is 0. The van der Waals surface area contributed by atoms with Gasteiger partial charge >= 0.3 is 0 Å². The maximum absolute atomic E-state index is 4.05. The molecule has 0 aliphatic carbocycles. The molecule has 82 valence electrons. The van der Waals surface area contributed by atoms with E-state index in [0.717, 1.165) is 6.42 Å². The third-order valence-electron chi connectivity index (χ3n) is 4.08. The molecular weight excluding hydrogens is 170 g/mol. The topological polar surface area (TPSA) is 12.0 Å². The van der Waals surface area contributed by atoms with E-state index in [0.29, 0.717) is 10.8 Å². The molecule has 1 heteroatoms. The molecule has 0 saturated carbocycles. The van der Waals surface area contributed by atoms with Crippen LogP contribution in [0.15, 0.2) is 12.2 Å². The summed E-state index contributed by atoms with van der Waals surface area (Å²) in [6, 6.07) is 0. The van der Waals surface area contributed by atoms with E-state index >= 15 is 0 Å². The average molecular weight is 195 g/mol. The highest BCUT2D eigenvalue weighted by Gasteiger charge is 2.41. The maximum Gasteiger partial charge on any atom is -0.00435 e. The van der Waals surface area contributed by atoms with E-state index < -0.39 is 0 Å². The Morgan fingerprint density at radius 1 is 1.36 bits per heavy atom. The van der Waals surface area contributed by atoms with Crippen molar-refractivity contribution < 1.29 is 0 Å². The first-order valence-electron chi connectivity index (χ1n) is 5.72. The van der Waals surface area contributed by atoms with E-state index in [2.05, 4.69) is 39.6 Å². The Balaban J connectivity index is 2.72. The normalized spacial score (nSPS) is 22.0. The van der Waals surface area contributed by atoms with Crippen LogP contribution in [0.3, 0.4) is 0 Å². The summed E-state index contributed by atoms with van der Waals surface area (Å²) in [5.41, 5.74) is 2.19. The Morgan fingerprint density at radius 2 is 1.86 bits per heavy atom. The van der Waals surface area contributed by atoms with Gasteiger partial charge in [-0.15, -0.1) is 6.58 Å². The van der Waals surface area contributed by atoms with Gasteiger partial charge in [0.25, 0.3) is 0 Å². The second-order valence-corrected chi connectivity index (χ2v) is 5.83. The smallest absolute Gasteiger partial charge is 0.00435 e. The summed E-state index contributed by atoms with van der Waals surface area (Å²) in [7, 11) is 0. The van der Waals surface area contributed by atoms with Crippen LogP contribution in [0.2, 0.25) is 0 Å². The van der Waals surface area contributed by atoms with Crippen molar-refractivity contribution in [2.75, 3.05) is 13.1 Å². The summed E-state index contributed by atoms with van der Waals surface area (Å²) in [5.74, 6) is 0. The van der Waals surface area contributed by atoms with Gasteiger partial charge in [-0.05, 0) is 50.1 Å². The summed E-state index contributed by atoms with van der Waals surface area (Å²) in [5, 5.41) is 3.44. The SMILES string of the molecule is C=C(C)CC(C)(C)C1(C)CCNCC1. The first-order chi connectivity index (χ1) is 6.37. The molecule has 0 amide bonds. The third kappa shape index (κ3) is 2.38.